The molecule has 128 valence electrons. The molecule has 0 atom stereocenters. The Morgan fingerprint density at radius 1 is 1.00 bits per heavy atom. The lowest BCUT2D eigenvalue weighted by atomic mass is 10.1. The zero-order valence-corrected chi connectivity index (χ0v) is 14.3. The second-order valence-corrected chi connectivity index (χ2v) is 5.22. The van der Waals surface area contributed by atoms with E-state index in [1.54, 1.807) is 18.2 Å². The Kier molecular flexibility index (Phi) is 16.8. The third-order valence-corrected chi connectivity index (χ3v) is 3.09. The topological polar surface area (TPSA) is 46.5 Å². The summed E-state index contributed by atoms with van der Waals surface area (Å²) >= 11 is 0. The fourth-order valence-electron chi connectivity index (χ4n) is 1.91. The van der Waals surface area contributed by atoms with E-state index in [0.29, 0.717) is 6.61 Å². The lowest BCUT2D eigenvalue weighted by Crippen LogP contribution is -1.99. The van der Waals surface area contributed by atoms with Crippen LogP contribution in [0.1, 0.15) is 58.3 Å². The summed E-state index contributed by atoms with van der Waals surface area (Å²) in [7, 11) is 0. The highest BCUT2D eigenvalue weighted by Crippen LogP contribution is 2.07. The Hall–Kier alpha value is -1.79. The van der Waals surface area contributed by atoms with Crippen LogP contribution >= 0.6 is 0 Å². The number of aliphatic hydroxyl groups is 1. The lowest BCUT2D eigenvalue weighted by molar-refractivity contribution is -0.141. The summed E-state index contributed by atoms with van der Waals surface area (Å²) in [5, 5.41) is 8.53. The molecule has 23 heavy (non-hydrogen) atoms. The Morgan fingerprint density at radius 2 is 1.74 bits per heavy atom. The van der Waals surface area contributed by atoms with Crippen molar-refractivity contribution in [2.24, 2.45) is 0 Å². The van der Waals surface area contributed by atoms with Gasteiger partial charge >= 0.3 is 5.97 Å². The fraction of sp³-hybridized carbons (Fsp3) is 0.550. The first-order valence-electron chi connectivity index (χ1n) is 8.46. The molecule has 3 heteroatoms. The van der Waals surface area contributed by atoms with Crippen molar-refractivity contribution in [3.8, 4) is 11.8 Å². The van der Waals surface area contributed by atoms with Gasteiger partial charge in [-0.15, -0.1) is 0 Å². The number of carbonyl (C=O) groups is 1. The van der Waals surface area contributed by atoms with E-state index in [4.69, 9.17) is 9.84 Å². The molecule has 0 bridgehead atoms. The molecule has 0 radical (unpaired) electrons. The molecule has 0 aliphatic rings. The van der Waals surface area contributed by atoms with Crippen molar-refractivity contribution in [1.29, 1.82) is 0 Å². The third-order valence-electron chi connectivity index (χ3n) is 3.09. The van der Waals surface area contributed by atoms with Crippen LogP contribution < -0.4 is 0 Å². The van der Waals surface area contributed by atoms with E-state index in [1.165, 1.54) is 32.6 Å². The number of ether oxygens (including phenoxy) is 1. The molecule has 3 nitrogen and oxygen atoms in total. The Labute approximate surface area is 141 Å². The normalized spacial score (nSPS) is 11.2. The zero-order valence-electron chi connectivity index (χ0n) is 14.3. The standard InChI is InChI=1S/C20H30O3/c1-20(22)23-19-17-15-13-11-9-7-5-3-2-4-6-8-10-12-14-16-18-21/h2-3,10,12,14,16,21H,4-5,7,9,11,13,15,17-19H2,1H3/b3-2-,12-10+,16-14+. The van der Waals surface area contributed by atoms with Crippen molar-refractivity contribution >= 4 is 5.97 Å². The van der Waals surface area contributed by atoms with E-state index in [0.717, 1.165) is 25.7 Å². The van der Waals surface area contributed by atoms with E-state index >= 15 is 0 Å². The Balaban J connectivity index is 3.32. The molecule has 0 saturated carbocycles. The van der Waals surface area contributed by atoms with Crippen molar-refractivity contribution in [2.45, 2.75) is 58.3 Å². The largest absolute Gasteiger partial charge is 0.466 e. The maximum atomic E-state index is 10.6. The van der Waals surface area contributed by atoms with Gasteiger partial charge in [0.15, 0.2) is 0 Å². The van der Waals surface area contributed by atoms with Crippen LogP contribution in [0, 0.1) is 11.8 Å². The molecule has 0 aliphatic carbocycles. The van der Waals surface area contributed by atoms with Gasteiger partial charge in [0, 0.05) is 13.3 Å². The van der Waals surface area contributed by atoms with Crippen LogP contribution in [0.25, 0.3) is 0 Å². The minimum absolute atomic E-state index is 0.0643. The summed E-state index contributed by atoms with van der Waals surface area (Å²) in [6.45, 7) is 2.08. The molecule has 0 spiro atoms. The zero-order chi connectivity index (χ0) is 17.0. The summed E-state index contributed by atoms with van der Waals surface area (Å²) in [5.41, 5.74) is 0. The van der Waals surface area contributed by atoms with Crippen LogP contribution in [0.4, 0.5) is 0 Å². The minimum atomic E-state index is -0.184. The molecule has 0 heterocycles. The molecule has 0 aliphatic heterocycles. The van der Waals surface area contributed by atoms with E-state index in [-0.39, 0.29) is 12.6 Å². The van der Waals surface area contributed by atoms with Crippen molar-refractivity contribution in [3.63, 3.8) is 0 Å². The maximum Gasteiger partial charge on any atom is 0.302 e. The van der Waals surface area contributed by atoms with Gasteiger partial charge in [0.25, 0.3) is 0 Å². The monoisotopic (exact) mass is 318 g/mol. The van der Waals surface area contributed by atoms with Gasteiger partial charge in [-0.25, -0.2) is 0 Å². The molecule has 1 N–H and O–H groups in total. The van der Waals surface area contributed by atoms with Crippen LogP contribution in [0.5, 0.6) is 0 Å². The number of esters is 1. The number of hydrogen-bond acceptors (Lipinski definition) is 3. The third kappa shape index (κ3) is 20.2. The number of unbranched alkanes of at least 4 members (excludes halogenated alkanes) is 6. The first-order valence-corrected chi connectivity index (χ1v) is 8.46. The molecule has 0 unspecified atom stereocenters. The van der Waals surface area contributed by atoms with Crippen LogP contribution in [0.3, 0.4) is 0 Å². The van der Waals surface area contributed by atoms with Crippen LogP contribution in [0.15, 0.2) is 36.5 Å². The highest BCUT2D eigenvalue weighted by Gasteiger charge is 1.93. The molecule has 0 saturated heterocycles. The molecule has 0 aromatic heterocycles. The van der Waals surface area contributed by atoms with Gasteiger partial charge in [0.1, 0.15) is 0 Å². The van der Waals surface area contributed by atoms with E-state index in [1.807, 2.05) is 6.08 Å². The highest BCUT2D eigenvalue weighted by atomic mass is 16.5. The van der Waals surface area contributed by atoms with Gasteiger partial charge in [-0.1, -0.05) is 67.9 Å². The van der Waals surface area contributed by atoms with Gasteiger partial charge in [-0.3, -0.25) is 4.79 Å². The molecule has 0 aromatic rings. The number of rotatable bonds is 12. The molecular weight excluding hydrogens is 288 g/mol. The van der Waals surface area contributed by atoms with Crippen molar-refractivity contribution in [2.75, 3.05) is 13.2 Å². The predicted molar refractivity (Wildman–Crippen MR) is 95.9 cm³/mol. The minimum Gasteiger partial charge on any atom is -0.466 e. The molecular formula is C20H30O3. The van der Waals surface area contributed by atoms with E-state index < -0.39 is 0 Å². The van der Waals surface area contributed by atoms with Crippen LogP contribution in [0.2, 0.25) is 0 Å². The van der Waals surface area contributed by atoms with Gasteiger partial charge in [0.05, 0.1) is 13.2 Å². The summed E-state index contributed by atoms with van der Waals surface area (Å²) in [6.07, 6.45) is 20.3. The molecule has 0 aromatic carbocycles. The average Bonchev–Trinajstić information content (AvgIpc) is 2.53. The van der Waals surface area contributed by atoms with Crippen LogP contribution in [-0.2, 0) is 9.53 Å². The van der Waals surface area contributed by atoms with Crippen molar-refractivity contribution < 1.29 is 14.6 Å². The predicted octanol–water partition coefficient (Wildman–Crippen LogP) is 4.33. The summed E-state index contributed by atoms with van der Waals surface area (Å²) in [4.78, 5) is 10.6. The second kappa shape index (κ2) is 18.3. The van der Waals surface area contributed by atoms with Crippen molar-refractivity contribution in [1.82, 2.24) is 0 Å². The number of aliphatic hydroxyl groups excluding tert-OH is 1. The number of allylic oxidation sites excluding steroid dienone is 5. The molecule has 0 fully saturated rings. The second-order valence-electron chi connectivity index (χ2n) is 5.22. The number of hydrogen-bond donors (Lipinski definition) is 1. The maximum absolute atomic E-state index is 10.6. The highest BCUT2D eigenvalue weighted by molar-refractivity contribution is 5.65. The smallest absolute Gasteiger partial charge is 0.302 e. The number of carbonyl (C=O) groups excluding carboxylic acids is 1. The van der Waals surface area contributed by atoms with E-state index in [2.05, 4.69) is 24.0 Å². The Bertz CT molecular complexity index is 422. The summed E-state index contributed by atoms with van der Waals surface area (Å²) < 4.78 is 4.89. The first-order chi connectivity index (χ1) is 11.3. The van der Waals surface area contributed by atoms with Crippen molar-refractivity contribution in [3.05, 3.63) is 36.5 Å². The first kappa shape index (κ1) is 21.2. The lowest BCUT2D eigenvalue weighted by Gasteiger charge is -2.01. The molecule has 0 rings (SSSR count). The average molecular weight is 318 g/mol. The van der Waals surface area contributed by atoms with Gasteiger partial charge in [0.2, 0.25) is 0 Å². The summed E-state index contributed by atoms with van der Waals surface area (Å²) in [5.74, 6) is 5.80. The Morgan fingerprint density at radius 3 is 2.48 bits per heavy atom. The fourth-order valence-corrected chi connectivity index (χ4v) is 1.91. The SMILES string of the molecule is CC(=O)OCCCCCCCC/C=C\CC#C/C=C/C=C/CO. The van der Waals surface area contributed by atoms with Crippen LogP contribution in [-0.4, -0.2) is 24.3 Å². The van der Waals surface area contributed by atoms with Gasteiger partial charge < -0.3 is 9.84 Å². The quantitative estimate of drug-likeness (QED) is 0.191. The summed E-state index contributed by atoms with van der Waals surface area (Å²) in [6, 6.07) is 0. The van der Waals surface area contributed by atoms with Gasteiger partial charge in [-0.2, -0.15) is 0 Å². The molecule has 0 amide bonds. The van der Waals surface area contributed by atoms with Gasteiger partial charge in [-0.05, 0) is 25.3 Å². The van der Waals surface area contributed by atoms with E-state index in [9.17, 15) is 4.79 Å².